The van der Waals surface area contributed by atoms with Crippen LogP contribution in [0.2, 0.25) is 0 Å². The number of carboxylic acids is 1. The number of ether oxygens (including phenoxy) is 6. The lowest BCUT2D eigenvalue weighted by Crippen LogP contribution is -2.40. The van der Waals surface area contributed by atoms with Crippen LogP contribution in [0, 0.1) is 0 Å². The standard InChI is InChI=1S/C34H34O8/c1-37-23-11-7-20(8-12-23)27-16-21-15-25(39-3)19-30(42-6)32(21)34(33(35)36,22-9-13-24(38-2)14-10-22)28-17-26(40-4)18-29(41-5)31(27)28/h7-15,17-19,27H,16H2,1-6H3,(H,35,36)/t27-,34-/m0/s1. The number of hydrogen-bond donors (Lipinski definition) is 1. The van der Waals surface area contributed by atoms with Crippen molar-refractivity contribution in [3.8, 4) is 34.5 Å². The van der Waals surface area contributed by atoms with Gasteiger partial charge in [-0.1, -0.05) is 24.3 Å². The first kappa shape index (κ1) is 28.7. The first-order chi connectivity index (χ1) is 20.4. The van der Waals surface area contributed by atoms with Gasteiger partial charge in [0.25, 0.3) is 0 Å². The topological polar surface area (TPSA) is 92.7 Å². The fourth-order valence-corrected chi connectivity index (χ4v) is 6.13. The number of fused-ring (bicyclic) bond motifs is 2. The molecule has 0 saturated carbocycles. The van der Waals surface area contributed by atoms with Gasteiger partial charge in [-0.05, 0) is 65.1 Å². The number of aliphatic carboxylic acids is 1. The molecule has 218 valence electrons. The maximum absolute atomic E-state index is 14.0. The van der Waals surface area contributed by atoms with Crippen molar-refractivity contribution in [2.75, 3.05) is 42.7 Å². The van der Waals surface area contributed by atoms with Gasteiger partial charge in [-0.3, -0.25) is 4.79 Å². The van der Waals surface area contributed by atoms with Gasteiger partial charge >= 0.3 is 5.97 Å². The summed E-state index contributed by atoms with van der Waals surface area (Å²) in [5.41, 5.74) is 2.28. The second kappa shape index (κ2) is 11.6. The van der Waals surface area contributed by atoms with E-state index in [1.54, 1.807) is 78.0 Å². The molecule has 0 aliphatic heterocycles. The third kappa shape index (κ3) is 4.53. The van der Waals surface area contributed by atoms with Gasteiger partial charge in [-0.2, -0.15) is 0 Å². The van der Waals surface area contributed by atoms with Gasteiger partial charge in [-0.25, -0.2) is 0 Å². The first-order valence-corrected chi connectivity index (χ1v) is 13.4. The van der Waals surface area contributed by atoms with Crippen LogP contribution in [0.5, 0.6) is 34.5 Å². The first-order valence-electron chi connectivity index (χ1n) is 13.4. The van der Waals surface area contributed by atoms with E-state index in [0.717, 1.165) is 22.4 Å². The van der Waals surface area contributed by atoms with Crippen LogP contribution in [0.3, 0.4) is 0 Å². The minimum absolute atomic E-state index is 0.304. The second-order valence-corrected chi connectivity index (χ2v) is 9.97. The number of rotatable bonds is 9. The minimum atomic E-state index is -1.72. The quantitative estimate of drug-likeness (QED) is 0.268. The Kier molecular flexibility index (Phi) is 7.89. The summed E-state index contributed by atoms with van der Waals surface area (Å²) >= 11 is 0. The van der Waals surface area contributed by atoms with Crippen molar-refractivity contribution in [1.82, 2.24) is 0 Å². The molecule has 1 N–H and O–H groups in total. The molecule has 4 aromatic carbocycles. The molecule has 8 heteroatoms. The number of benzene rings is 4. The Morgan fingerprint density at radius 2 is 1.19 bits per heavy atom. The zero-order chi connectivity index (χ0) is 30.0. The zero-order valence-corrected chi connectivity index (χ0v) is 24.5. The van der Waals surface area contributed by atoms with Crippen LogP contribution >= 0.6 is 0 Å². The molecule has 0 aromatic heterocycles. The van der Waals surface area contributed by atoms with Crippen LogP contribution in [0.25, 0.3) is 0 Å². The molecule has 0 saturated heterocycles. The molecular formula is C34H34O8. The molecule has 0 spiro atoms. The summed E-state index contributed by atoms with van der Waals surface area (Å²) < 4.78 is 34.1. The molecule has 8 nitrogen and oxygen atoms in total. The van der Waals surface area contributed by atoms with Gasteiger partial charge in [0.05, 0.1) is 42.7 Å². The SMILES string of the molecule is COc1ccc([C@@H]2Cc3cc(OC)cc(OC)c3[C@](C(=O)O)(c3ccc(OC)cc3)c3cc(OC)cc(OC)c32)cc1. The molecule has 42 heavy (non-hydrogen) atoms. The van der Waals surface area contributed by atoms with E-state index in [9.17, 15) is 9.90 Å². The van der Waals surface area contributed by atoms with E-state index < -0.39 is 11.4 Å². The van der Waals surface area contributed by atoms with E-state index in [2.05, 4.69) is 0 Å². The van der Waals surface area contributed by atoms with Gasteiger partial charge in [0.15, 0.2) is 0 Å². The molecule has 0 radical (unpaired) electrons. The summed E-state index contributed by atoms with van der Waals surface area (Å²) in [6, 6.07) is 22.1. The van der Waals surface area contributed by atoms with E-state index in [-0.39, 0.29) is 5.92 Å². The van der Waals surface area contributed by atoms with Gasteiger partial charge in [0, 0.05) is 29.2 Å². The molecule has 0 unspecified atom stereocenters. The molecule has 0 fully saturated rings. The smallest absolute Gasteiger partial charge is 0.323 e. The summed E-state index contributed by atoms with van der Waals surface area (Å²) in [6.45, 7) is 0. The van der Waals surface area contributed by atoms with Gasteiger partial charge in [0.1, 0.15) is 39.9 Å². The van der Waals surface area contributed by atoms with Crippen LogP contribution in [-0.2, 0) is 16.6 Å². The molecule has 0 bridgehead atoms. The summed E-state index contributed by atoms with van der Waals surface area (Å²) in [5, 5.41) is 11.5. The Bertz CT molecular complexity index is 1590. The third-order valence-electron chi connectivity index (χ3n) is 8.10. The fraction of sp³-hybridized carbons (Fsp3) is 0.265. The number of hydrogen-bond acceptors (Lipinski definition) is 7. The maximum Gasteiger partial charge on any atom is 0.323 e. The third-order valence-corrected chi connectivity index (χ3v) is 8.10. The van der Waals surface area contributed by atoms with Crippen molar-refractivity contribution in [2.24, 2.45) is 0 Å². The van der Waals surface area contributed by atoms with Gasteiger partial charge < -0.3 is 33.5 Å². The minimum Gasteiger partial charge on any atom is -0.497 e. The van der Waals surface area contributed by atoms with E-state index in [0.29, 0.717) is 51.9 Å². The lowest BCUT2D eigenvalue weighted by Gasteiger charge is -2.35. The average Bonchev–Trinajstić information content (AvgIpc) is 3.17. The Morgan fingerprint density at radius 1 is 0.667 bits per heavy atom. The van der Waals surface area contributed by atoms with Crippen molar-refractivity contribution < 1.29 is 38.3 Å². The molecule has 1 aliphatic rings. The fourth-order valence-electron chi connectivity index (χ4n) is 6.13. The highest BCUT2D eigenvalue weighted by atomic mass is 16.5. The number of carboxylic acid groups (broad SMARTS) is 1. The molecule has 1 aliphatic carbocycles. The molecule has 2 atom stereocenters. The Hall–Kier alpha value is -4.85. The highest BCUT2D eigenvalue weighted by Gasteiger charge is 2.52. The van der Waals surface area contributed by atoms with Gasteiger partial charge in [-0.15, -0.1) is 0 Å². The lowest BCUT2D eigenvalue weighted by molar-refractivity contribution is -0.140. The monoisotopic (exact) mass is 570 g/mol. The molecule has 5 rings (SSSR count). The summed E-state index contributed by atoms with van der Waals surface area (Å²) in [7, 11) is 9.44. The highest BCUT2D eigenvalue weighted by Crippen LogP contribution is 2.55. The molecule has 0 heterocycles. The predicted molar refractivity (Wildman–Crippen MR) is 158 cm³/mol. The average molecular weight is 571 g/mol. The number of carbonyl (C=O) groups is 1. The molecule has 0 amide bonds. The Morgan fingerprint density at radius 3 is 1.71 bits per heavy atom. The molecule has 4 aromatic rings. The second-order valence-electron chi connectivity index (χ2n) is 9.97. The Balaban J connectivity index is 2.01. The predicted octanol–water partition coefficient (Wildman–Crippen LogP) is 5.85. The van der Waals surface area contributed by atoms with E-state index >= 15 is 0 Å². The molecular weight excluding hydrogens is 536 g/mol. The Labute approximate surface area is 245 Å². The summed E-state index contributed by atoms with van der Waals surface area (Å²) in [5.74, 6) is 1.88. The normalized spacial score (nSPS) is 17.2. The maximum atomic E-state index is 14.0. The van der Waals surface area contributed by atoms with Crippen molar-refractivity contribution in [1.29, 1.82) is 0 Å². The summed E-state index contributed by atoms with van der Waals surface area (Å²) in [4.78, 5) is 14.0. The van der Waals surface area contributed by atoms with Crippen molar-refractivity contribution in [3.05, 3.63) is 106 Å². The van der Waals surface area contributed by atoms with E-state index in [4.69, 9.17) is 28.4 Å². The zero-order valence-electron chi connectivity index (χ0n) is 24.5. The van der Waals surface area contributed by atoms with Crippen molar-refractivity contribution in [3.63, 3.8) is 0 Å². The van der Waals surface area contributed by atoms with Crippen LogP contribution in [0.15, 0.2) is 72.8 Å². The summed E-state index contributed by atoms with van der Waals surface area (Å²) in [6.07, 6.45) is 0.441. The largest absolute Gasteiger partial charge is 0.497 e. The van der Waals surface area contributed by atoms with Gasteiger partial charge in [0.2, 0.25) is 0 Å². The van der Waals surface area contributed by atoms with Crippen LogP contribution in [0.4, 0.5) is 0 Å². The van der Waals surface area contributed by atoms with Crippen LogP contribution in [-0.4, -0.2) is 53.7 Å². The van der Waals surface area contributed by atoms with Crippen molar-refractivity contribution >= 4 is 5.97 Å². The number of methoxy groups -OCH3 is 6. The van der Waals surface area contributed by atoms with Crippen LogP contribution < -0.4 is 28.4 Å². The highest BCUT2D eigenvalue weighted by molar-refractivity contribution is 5.94. The van der Waals surface area contributed by atoms with E-state index in [1.165, 1.54) is 7.11 Å². The van der Waals surface area contributed by atoms with E-state index in [1.807, 2.05) is 30.3 Å². The lowest BCUT2D eigenvalue weighted by atomic mass is 9.67. The van der Waals surface area contributed by atoms with Crippen LogP contribution in [0.1, 0.15) is 39.3 Å². The van der Waals surface area contributed by atoms with Crippen molar-refractivity contribution in [2.45, 2.75) is 17.8 Å².